The van der Waals surface area contributed by atoms with Gasteiger partial charge in [0.2, 0.25) is 0 Å². The number of hydrogen-bond donors (Lipinski definition) is 1. The van der Waals surface area contributed by atoms with Gasteiger partial charge < -0.3 is 15.0 Å². The Morgan fingerprint density at radius 2 is 1.62 bits per heavy atom. The minimum absolute atomic E-state index is 0. The van der Waals surface area contributed by atoms with E-state index >= 15 is 0 Å². The van der Waals surface area contributed by atoms with Gasteiger partial charge in [-0.25, -0.2) is 0 Å². The van der Waals surface area contributed by atoms with Crippen LogP contribution < -0.4 is 10.1 Å². The summed E-state index contributed by atoms with van der Waals surface area (Å²) >= 11 is 0. The van der Waals surface area contributed by atoms with Crippen molar-refractivity contribution in [1.29, 1.82) is 0 Å². The first-order valence-corrected chi connectivity index (χ1v) is 9.68. The summed E-state index contributed by atoms with van der Waals surface area (Å²) in [4.78, 5) is 2.22. The normalized spacial score (nSPS) is 10.5. The highest BCUT2D eigenvalue weighted by Gasteiger charge is 2.09. The van der Waals surface area contributed by atoms with Gasteiger partial charge in [-0.05, 0) is 62.9 Å². The predicted octanol–water partition coefficient (Wildman–Crippen LogP) is 5.61. The molecule has 158 valence electrons. The summed E-state index contributed by atoms with van der Waals surface area (Å²) in [7, 11) is 4.23. The van der Waals surface area contributed by atoms with Gasteiger partial charge in [0, 0.05) is 12.1 Å². The van der Waals surface area contributed by atoms with Gasteiger partial charge in [-0.3, -0.25) is 0 Å². The molecule has 0 unspecified atom stereocenters. The van der Waals surface area contributed by atoms with Crippen LogP contribution in [0.2, 0.25) is 0 Å². The molecule has 1 N–H and O–H groups in total. The highest BCUT2D eigenvalue weighted by Crippen LogP contribution is 2.28. The van der Waals surface area contributed by atoms with E-state index in [1.165, 1.54) is 27.5 Å². The van der Waals surface area contributed by atoms with Gasteiger partial charge in [-0.1, -0.05) is 60.2 Å². The second-order valence-electron chi connectivity index (χ2n) is 7.37. The van der Waals surface area contributed by atoms with Crippen molar-refractivity contribution in [1.82, 2.24) is 10.2 Å². The van der Waals surface area contributed by atoms with Gasteiger partial charge >= 0.3 is 0 Å². The van der Waals surface area contributed by atoms with E-state index in [-0.39, 0.29) is 24.8 Å². The van der Waals surface area contributed by atoms with E-state index in [9.17, 15) is 0 Å². The molecule has 0 atom stereocenters. The Morgan fingerprint density at radius 1 is 0.897 bits per heavy atom. The summed E-state index contributed by atoms with van der Waals surface area (Å²) in [6, 6.07) is 21.3. The Morgan fingerprint density at radius 3 is 2.34 bits per heavy atom. The van der Waals surface area contributed by atoms with Crippen LogP contribution in [0.4, 0.5) is 0 Å². The molecular formula is C24H32Cl2N2O. The number of nitrogens with zero attached hydrogens (tertiary/aromatic N) is 1. The van der Waals surface area contributed by atoms with E-state index in [1.807, 2.05) is 0 Å². The van der Waals surface area contributed by atoms with Crippen LogP contribution in [0.5, 0.6) is 5.75 Å². The largest absolute Gasteiger partial charge is 0.489 e. The van der Waals surface area contributed by atoms with Gasteiger partial charge in [0.25, 0.3) is 0 Å². The molecule has 0 aromatic heterocycles. The van der Waals surface area contributed by atoms with E-state index in [0.29, 0.717) is 6.61 Å². The van der Waals surface area contributed by atoms with Gasteiger partial charge in [0.05, 0.1) is 0 Å². The smallest absolute Gasteiger partial charge is 0.124 e. The zero-order valence-corrected chi connectivity index (χ0v) is 19.1. The van der Waals surface area contributed by atoms with Crippen LogP contribution in [0.3, 0.4) is 0 Å². The third-order valence-corrected chi connectivity index (χ3v) is 4.77. The maximum absolute atomic E-state index is 6.22. The van der Waals surface area contributed by atoms with Gasteiger partial charge in [-0.15, -0.1) is 24.8 Å². The van der Waals surface area contributed by atoms with E-state index in [4.69, 9.17) is 4.74 Å². The number of rotatable bonds is 9. The first-order valence-electron chi connectivity index (χ1n) is 9.68. The lowest BCUT2D eigenvalue weighted by Gasteiger charge is -2.16. The summed E-state index contributed by atoms with van der Waals surface area (Å²) in [6.07, 6.45) is 1.14. The van der Waals surface area contributed by atoms with Crippen LogP contribution in [0.1, 0.15) is 23.1 Å². The van der Waals surface area contributed by atoms with Crippen LogP contribution in [0.25, 0.3) is 10.8 Å². The van der Waals surface area contributed by atoms with Crippen LogP contribution in [0.15, 0.2) is 60.7 Å². The van der Waals surface area contributed by atoms with Crippen molar-refractivity contribution in [3.8, 4) is 5.75 Å². The molecule has 0 fully saturated rings. The van der Waals surface area contributed by atoms with Crippen LogP contribution in [-0.2, 0) is 13.2 Å². The zero-order chi connectivity index (χ0) is 19.1. The molecule has 0 saturated carbocycles. The zero-order valence-electron chi connectivity index (χ0n) is 17.5. The molecule has 0 spiro atoms. The second kappa shape index (κ2) is 12.7. The van der Waals surface area contributed by atoms with Gasteiger partial charge in [-0.2, -0.15) is 0 Å². The third-order valence-electron chi connectivity index (χ3n) is 4.77. The minimum atomic E-state index is 0. The average molecular weight is 435 g/mol. The number of halogens is 2. The van der Waals surface area contributed by atoms with Crippen LogP contribution >= 0.6 is 24.8 Å². The molecule has 0 radical (unpaired) electrons. The van der Waals surface area contributed by atoms with Crippen molar-refractivity contribution in [3.63, 3.8) is 0 Å². The quantitative estimate of drug-likeness (QED) is 0.442. The first kappa shape index (κ1) is 25.3. The number of fused-ring (bicyclic) bond motifs is 1. The summed E-state index contributed by atoms with van der Waals surface area (Å²) in [5, 5.41) is 6.11. The van der Waals surface area contributed by atoms with Gasteiger partial charge in [0.1, 0.15) is 12.4 Å². The molecule has 0 amide bonds. The Kier molecular flexibility index (Phi) is 11.1. The van der Waals surface area contributed by atoms with Crippen molar-refractivity contribution >= 4 is 35.6 Å². The molecule has 0 bridgehead atoms. The van der Waals surface area contributed by atoms with Crippen molar-refractivity contribution in [2.75, 3.05) is 27.2 Å². The van der Waals surface area contributed by atoms with Crippen molar-refractivity contribution in [2.45, 2.75) is 26.5 Å². The minimum Gasteiger partial charge on any atom is -0.489 e. The predicted molar refractivity (Wildman–Crippen MR) is 129 cm³/mol. The molecule has 3 aromatic carbocycles. The number of nitrogens with one attached hydrogen (secondary N) is 1. The SMILES string of the molecule is Cc1ccc(COc2ccc3ccccc3c2CNCCCN(C)C)cc1.Cl.Cl. The number of hydrogen-bond acceptors (Lipinski definition) is 3. The lowest BCUT2D eigenvalue weighted by Crippen LogP contribution is -2.21. The molecule has 0 aliphatic rings. The summed E-state index contributed by atoms with van der Waals surface area (Å²) < 4.78 is 6.22. The number of ether oxygens (including phenoxy) is 1. The molecule has 3 rings (SSSR count). The Labute approximate surface area is 187 Å². The van der Waals surface area contributed by atoms with E-state index < -0.39 is 0 Å². The molecule has 3 aromatic rings. The topological polar surface area (TPSA) is 24.5 Å². The highest BCUT2D eigenvalue weighted by atomic mass is 35.5. The first-order chi connectivity index (χ1) is 13.1. The van der Waals surface area contributed by atoms with Crippen LogP contribution in [0, 0.1) is 6.92 Å². The van der Waals surface area contributed by atoms with E-state index in [0.717, 1.165) is 31.8 Å². The molecule has 3 nitrogen and oxygen atoms in total. The number of aryl methyl sites for hydroxylation is 1. The van der Waals surface area contributed by atoms with E-state index in [2.05, 4.69) is 91.9 Å². The average Bonchev–Trinajstić information content (AvgIpc) is 2.67. The molecule has 0 saturated heterocycles. The monoisotopic (exact) mass is 434 g/mol. The summed E-state index contributed by atoms with van der Waals surface area (Å²) in [6.45, 7) is 5.61. The maximum Gasteiger partial charge on any atom is 0.124 e. The van der Waals surface area contributed by atoms with Gasteiger partial charge in [0.15, 0.2) is 0 Å². The van der Waals surface area contributed by atoms with E-state index in [1.54, 1.807) is 0 Å². The highest BCUT2D eigenvalue weighted by molar-refractivity contribution is 5.87. The fourth-order valence-electron chi connectivity index (χ4n) is 3.21. The fraction of sp³-hybridized carbons (Fsp3) is 0.333. The van der Waals surface area contributed by atoms with Crippen molar-refractivity contribution in [2.24, 2.45) is 0 Å². The summed E-state index contributed by atoms with van der Waals surface area (Å²) in [5.74, 6) is 0.967. The molecular weight excluding hydrogens is 403 g/mol. The fourth-order valence-corrected chi connectivity index (χ4v) is 3.21. The second-order valence-corrected chi connectivity index (χ2v) is 7.37. The summed E-state index contributed by atoms with van der Waals surface area (Å²) in [5.41, 5.74) is 3.70. The lowest BCUT2D eigenvalue weighted by atomic mass is 10.0. The van der Waals surface area contributed by atoms with Crippen LogP contribution in [-0.4, -0.2) is 32.1 Å². The van der Waals surface area contributed by atoms with Crippen molar-refractivity contribution < 1.29 is 4.74 Å². The molecule has 0 aliphatic carbocycles. The molecule has 0 heterocycles. The third kappa shape index (κ3) is 7.52. The lowest BCUT2D eigenvalue weighted by molar-refractivity contribution is 0.302. The Balaban J connectivity index is 0.00000210. The molecule has 5 heteroatoms. The molecule has 29 heavy (non-hydrogen) atoms. The number of benzene rings is 3. The maximum atomic E-state index is 6.22. The molecule has 0 aliphatic heterocycles. The standard InChI is InChI=1S/C24H30N2O.2ClH/c1-19-9-11-20(12-10-19)18-27-24-14-13-21-7-4-5-8-22(21)23(24)17-25-15-6-16-26(2)3;;/h4-5,7-14,25H,6,15-18H2,1-3H3;2*1H. The Bertz CT molecular complexity index is 866. The Hall–Kier alpha value is -1.78. The van der Waals surface area contributed by atoms with Crippen molar-refractivity contribution in [3.05, 3.63) is 77.4 Å².